The second-order valence-corrected chi connectivity index (χ2v) is 8.76. The highest BCUT2D eigenvalue weighted by Crippen LogP contribution is 2.29. The van der Waals surface area contributed by atoms with Crippen molar-refractivity contribution in [1.82, 2.24) is 9.62 Å². The first-order chi connectivity index (χ1) is 14.1. The molecule has 0 aliphatic carbocycles. The highest BCUT2D eigenvalue weighted by atomic mass is 32.2. The van der Waals surface area contributed by atoms with Crippen LogP contribution in [0.1, 0.15) is 28.8 Å². The molecule has 162 valence electrons. The molecule has 30 heavy (non-hydrogen) atoms. The van der Waals surface area contributed by atoms with E-state index in [1.165, 1.54) is 23.5 Å². The van der Waals surface area contributed by atoms with Crippen LogP contribution in [0.2, 0.25) is 0 Å². The van der Waals surface area contributed by atoms with Gasteiger partial charge in [-0.1, -0.05) is 0 Å². The molecule has 1 atom stereocenters. The predicted octanol–water partition coefficient (Wildman–Crippen LogP) is 3.30. The van der Waals surface area contributed by atoms with E-state index in [1.807, 2.05) is 0 Å². The standard InChI is InChI=1S/C20H21F3N2O4S/c1-29-17-8-10-18(11-9-17)30(27,28)25-12-2-3-16(25)13-24-19(26)14-4-6-15(7-5-14)20(21,22)23/h4-11,16H,2-3,12-13H2,1H3,(H,24,26). The number of carbonyl (C=O) groups excluding carboxylic acids is 1. The number of nitrogens with zero attached hydrogens (tertiary/aromatic N) is 1. The number of rotatable bonds is 6. The molecule has 1 aliphatic heterocycles. The minimum atomic E-state index is -4.48. The Labute approximate surface area is 172 Å². The Hall–Kier alpha value is -2.59. The third-order valence-electron chi connectivity index (χ3n) is 4.96. The van der Waals surface area contributed by atoms with E-state index in [1.54, 1.807) is 12.1 Å². The van der Waals surface area contributed by atoms with E-state index < -0.39 is 33.7 Å². The van der Waals surface area contributed by atoms with Gasteiger partial charge in [0.15, 0.2) is 0 Å². The van der Waals surface area contributed by atoms with Crippen molar-refractivity contribution in [2.75, 3.05) is 20.2 Å². The second-order valence-electron chi connectivity index (χ2n) is 6.87. The topological polar surface area (TPSA) is 75.7 Å². The van der Waals surface area contributed by atoms with Gasteiger partial charge >= 0.3 is 6.18 Å². The first kappa shape index (κ1) is 22.1. The molecule has 1 unspecified atom stereocenters. The third kappa shape index (κ3) is 4.76. The molecular formula is C20H21F3N2O4S. The lowest BCUT2D eigenvalue weighted by molar-refractivity contribution is -0.137. The molecule has 10 heteroatoms. The Bertz CT molecular complexity index is 990. The van der Waals surface area contributed by atoms with Gasteiger partial charge in [-0.3, -0.25) is 4.79 Å². The molecular weight excluding hydrogens is 421 g/mol. The number of alkyl halides is 3. The van der Waals surface area contributed by atoms with E-state index >= 15 is 0 Å². The maximum absolute atomic E-state index is 13.0. The Morgan fingerprint density at radius 3 is 2.33 bits per heavy atom. The van der Waals surface area contributed by atoms with Crippen LogP contribution in [0.3, 0.4) is 0 Å². The summed E-state index contributed by atoms with van der Waals surface area (Å²) in [5, 5.41) is 2.62. The smallest absolute Gasteiger partial charge is 0.416 e. The van der Waals surface area contributed by atoms with Crippen LogP contribution in [0, 0.1) is 0 Å². The number of methoxy groups -OCH3 is 1. The molecule has 0 spiro atoms. The number of benzene rings is 2. The van der Waals surface area contributed by atoms with Crippen molar-refractivity contribution in [2.24, 2.45) is 0 Å². The number of amides is 1. The molecule has 1 amide bonds. The van der Waals surface area contributed by atoms with Gasteiger partial charge in [-0.2, -0.15) is 17.5 Å². The number of nitrogens with one attached hydrogen (secondary N) is 1. The normalized spacial score (nSPS) is 17.7. The summed E-state index contributed by atoms with van der Waals surface area (Å²) in [5.41, 5.74) is -0.767. The van der Waals surface area contributed by atoms with Crippen molar-refractivity contribution >= 4 is 15.9 Å². The van der Waals surface area contributed by atoms with Crippen LogP contribution in [-0.2, 0) is 16.2 Å². The van der Waals surface area contributed by atoms with Crippen molar-refractivity contribution in [3.63, 3.8) is 0 Å². The molecule has 2 aromatic carbocycles. The van der Waals surface area contributed by atoms with Crippen molar-refractivity contribution in [3.8, 4) is 5.75 Å². The fraction of sp³-hybridized carbons (Fsp3) is 0.350. The van der Waals surface area contributed by atoms with E-state index in [9.17, 15) is 26.4 Å². The molecule has 1 heterocycles. The van der Waals surface area contributed by atoms with Gasteiger partial charge in [0.1, 0.15) is 5.75 Å². The predicted molar refractivity (Wildman–Crippen MR) is 104 cm³/mol. The molecule has 1 saturated heterocycles. The molecule has 0 radical (unpaired) electrons. The fourth-order valence-electron chi connectivity index (χ4n) is 3.34. The summed E-state index contributed by atoms with van der Waals surface area (Å²) in [6.45, 7) is 0.393. The fourth-order valence-corrected chi connectivity index (χ4v) is 5.03. The summed E-state index contributed by atoms with van der Waals surface area (Å²) in [7, 11) is -2.26. The summed E-state index contributed by atoms with van der Waals surface area (Å²) in [6, 6.07) is 9.48. The highest BCUT2D eigenvalue weighted by molar-refractivity contribution is 7.89. The summed E-state index contributed by atoms with van der Waals surface area (Å²) >= 11 is 0. The van der Waals surface area contributed by atoms with E-state index in [0.29, 0.717) is 25.1 Å². The van der Waals surface area contributed by atoms with Crippen LogP contribution in [0.4, 0.5) is 13.2 Å². The van der Waals surface area contributed by atoms with Gasteiger partial charge < -0.3 is 10.1 Å². The summed E-state index contributed by atoms with van der Waals surface area (Å²) in [5.74, 6) is -0.0202. The maximum Gasteiger partial charge on any atom is 0.416 e. The van der Waals surface area contributed by atoms with E-state index in [-0.39, 0.29) is 17.0 Å². The van der Waals surface area contributed by atoms with Gasteiger partial charge in [0.25, 0.3) is 5.91 Å². The van der Waals surface area contributed by atoms with Crippen LogP contribution in [0.15, 0.2) is 53.4 Å². The first-order valence-corrected chi connectivity index (χ1v) is 10.7. The van der Waals surface area contributed by atoms with Crippen LogP contribution in [-0.4, -0.2) is 44.9 Å². The highest BCUT2D eigenvalue weighted by Gasteiger charge is 2.35. The van der Waals surface area contributed by atoms with Crippen LogP contribution < -0.4 is 10.1 Å². The van der Waals surface area contributed by atoms with Gasteiger partial charge in [-0.05, 0) is 61.4 Å². The number of hydrogen-bond donors (Lipinski definition) is 1. The quantitative estimate of drug-likeness (QED) is 0.745. The number of ether oxygens (including phenoxy) is 1. The Balaban J connectivity index is 1.66. The largest absolute Gasteiger partial charge is 0.497 e. The van der Waals surface area contributed by atoms with Crippen molar-refractivity contribution in [1.29, 1.82) is 0 Å². The SMILES string of the molecule is COc1ccc(S(=O)(=O)N2CCCC2CNC(=O)c2ccc(C(F)(F)F)cc2)cc1. The Morgan fingerprint density at radius 1 is 1.13 bits per heavy atom. The molecule has 6 nitrogen and oxygen atoms in total. The van der Waals surface area contributed by atoms with Gasteiger partial charge in [0.05, 0.1) is 17.6 Å². The minimum Gasteiger partial charge on any atom is -0.497 e. The summed E-state index contributed by atoms with van der Waals surface area (Å²) in [4.78, 5) is 12.4. The zero-order valence-electron chi connectivity index (χ0n) is 16.1. The maximum atomic E-state index is 13.0. The Kier molecular flexibility index (Phi) is 6.37. The number of hydrogen-bond acceptors (Lipinski definition) is 4. The average molecular weight is 442 g/mol. The van der Waals surface area contributed by atoms with Crippen LogP contribution in [0.25, 0.3) is 0 Å². The van der Waals surface area contributed by atoms with Crippen molar-refractivity contribution < 1.29 is 31.1 Å². The number of halogens is 3. The van der Waals surface area contributed by atoms with Crippen LogP contribution >= 0.6 is 0 Å². The lowest BCUT2D eigenvalue weighted by atomic mass is 10.1. The zero-order valence-corrected chi connectivity index (χ0v) is 17.0. The molecule has 1 N–H and O–H groups in total. The van der Waals surface area contributed by atoms with Gasteiger partial charge in [-0.15, -0.1) is 0 Å². The average Bonchev–Trinajstić information content (AvgIpc) is 3.21. The second kappa shape index (κ2) is 8.65. The molecule has 0 bridgehead atoms. The van der Waals surface area contributed by atoms with Crippen molar-refractivity contribution in [2.45, 2.75) is 30.0 Å². The zero-order chi connectivity index (χ0) is 21.9. The van der Waals surface area contributed by atoms with E-state index in [0.717, 1.165) is 24.3 Å². The number of sulfonamides is 1. The molecule has 1 fully saturated rings. The van der Waals surface area contributed by atoms with E-state index in [4.69, 9.17) is 4.74 Å². The third-order valence-corrected chi connectivity index (χ3v) is 6.93. The lowest BCUT2D eigenvalue weighted by Crippen LogP contribution is -2.43. The molecule has 1 aliphatic rings. The van der Waals surface area contributed by atoms with Crippen LogP contribution in [0.5, 0.6) is 5.75 Å². The molecule has 0 saturated carbocycles. The minimum absolute atomic E-state index is 0.0647. The van der Waals surface area contributed by atoms with E-state index in [2.05, 4.69) is 5.32 Å². The molecule has 3 rings (SSSR count). The molecule has 2 aromatic rings. The lowest BCUT2D eigenvalue weighted by Gasteiger charge is -2.24. The first-order valence-electron chi connectivity index (χ1n) is 9.24. The molecule has 0 aromatic heterocycles. The van der Waals surface area contributed by atoms with Gasteiger partial charge in [0, 0.05) is 24.7 Å². The van der Waals surface area contributed by atoms with Crippen molar-refractivity contribution in [3.05, 3.63) is 59.7 Å². The Morgan fingerprint density at radius 2 is 1.77 bits per heavy atom. The number of carbonyl (C=O) groups is 1. The summed E-state index contributed by atoms with van der Waals surface area (Å²) in [6.07, 6.45) is -3.26. The van der Waals surface area contributed by atoms with Gasteiger partial charge in [-0.25, -0.2) is 8.42 Å². The monoisotopic (exact) mass is 442 g/mol. The summed E-state index contributed by atoms with van der Waals surface area (Å²) < 4.78 is 70.2. The van der Waals surface area contributed by atoms with Gasteiger partial charge in [0.2, 0.25) is 10.0 Å².